The van der Waals surface area contributed by atoms with Crippen molar-refractivity contribution in [3.05, 3.63) is 23.5 Å². The maximum absolute atomic E-state index is 10.0. The molecule has 0 aliphatic rings. The van der Waals surface area contributed by atoms with Gasteiger partial charge in [0, 0.05) is 0 Å². The van der Waals surface area contributed by atoms with E-state index in [1.165, 1.54) is 11.8 Å². The van der Waals surface area contributed by atoms with Crippen LogP contribution in [0, 0.1) is 0 Å². The number of allylic oxidation sites excluding steroid dienone is 3. The fourth-order valence-corrected chi connectivity index (χ4v) is 0.798. The first-order chi connectivity index (χ1) is 6.02. The topological polar surface area (TPSA) is 46.5 Å². The Bertz CT molecular complexity index is 222. The van der Waals surface area contributed by atoms with Crippen molar-refractivity contribution in [2.45, 2.75) is 33.6 Å². The number of carboxylic acid groups (broad SMARTS) is 1. The molecule has 0 rings (SSSR count). The molecule has 0 unspecified atom stereocenters. The molecule has 0 radical (unpaired) electrons. The number of rotatable bonds is 4. The van der Waals surface area contributed by atoms with Gasteiger partial charge >= 0.3 is 6.16 Å². The van der Waals surface area contributed by atoms with E-state index >= 15 is 0 Å². The Hall–Kier alpha value is -1.25. The Morgan fingerprint density at radius 1 is 1.38 bits per heavy atom. The van der Waals surface area contributed by atoms with Gasteiger partial charge in [-0.15, -0.1) is 0 Å². The Morgan fingerprint density at radius 3 is 2.46 bits per heavy atom. The van der Waals surface area contributed by atoms with E-state index in [9.17, 15) is 4.79 Å². The minimum Gasteiger partial charge on any atom is -0.449 e. The van der Waals surface area contributed by atoms with E-state index in [1.807, 2.05) is 20.8 Å². The van der Waals surface area contributed by atoms with Gasteiger partial charge in [-0.05, 0) is 39.2 Å². The maximum Gasteiger partial charge on any atom is 0.510 e. The first kappa shape index (κ1) is 11.8. The summed E-state index contributed by atoms with van der Waals surface area (Å²) in [6.45, 7) is 5.92. The van der Waals surface area contributed by atoms with Gasteiger partial charge in [0.2, 0.25) is 0 Å². The van der Waals surface area contributed by atoms with Crippen LogP contribution in [0.4, 0.5) is 4.79 Å². The van der Waals surface area contributed by atoms with Crippen LogP contribution in [0.1, 0.15) is 33.6 Å². The number of hydrogen-bond acceptors (Lipinski definition) is 2. The number of carbonyl (C=O) groups is 1. The molecule has 0 aromatic rings. The lowest BCUT2D eigenvalue weighted by Crippen LogP contribution is -1.93. The molecular formula is C10H16O3. The van der Waals surface area contributed by atoms with Gasteiger partial charge < -0.3 is 9.84 Å². The van der Waals surface area contributed by atoms with Gasteiger partial charge in [-0.3, -0.25) is 0 Å². The molecule has 0 aromatic heterocycles. The Balaban J connectivity index is 3.73. The zero-order valence-corrected chi connectivity index (χ0v) is 8.33. The Morgan fingerprint density at radius 2 is 2.00 bits per heavy atom. The van der Waals surface area contributed by atoms with E-state index in [-0.39, 0.29) is 0 Å². The highest BCUT2D eigenvalue weighted by Crippen LogP contribution is 2.06. The molecule has 1 N–H and O–H groups in total. The highest BCUT2D eigenvalue weighted by molar-refractivity contribution is 5.57. The Labute approximate surface area is 78.7 Å². The molecule has 0 saturated carbocycles. The standard InChI is InChI=1S/C10H16O3/c1-8(2)5-4-6-9(3)7-13-10(11)12/h5,7H,4,6H2,1-3H3,(H,11,12). The lowest BCUT2D eigenvalue weighted by molar-refractivity contribution is 0.127. The van der Waals surface area contributed by atoms with Crippen LogP contribution in [0.5, 0.6) is 0 Å². The second-order valence-corrected chi connectivity index (χ2v) is 3.17. The summed E-state index contributed by atoms with van der Waals surface area (Å²) in [5.74, 6) is 0. The fourth-order valence-electron chi connectivity index (χ4n) is 0.798. The van der Waals surface area contributed by atoms with Gasteiger partial charge in [0.15, 0.2) is 0 Å². The first-order valence-electron chi connectivity index (χ1n) is 4.21. The molecule has 0 saturated heterocycles. The molecular weight excluding hydrogens is 168 g/mol. The van der Waals surface area contributed by atoms with Crippen LogP contribution in [-0.2, 0) is 4.74 Å². The predicted molar refractivity (Wildman–Crippen MR) is 51.5 cm³/mol. The van der Waals surface area contributed by atoms with Gasteiger partial charge in [0.25, 0.3) is 0 Å². The minimum atomic E-state index is -1.26. The summed E-state index contributed by atoms with van der Waals surface area (Å²) < 4.78 is 4.30. The lowest BCUT2D eigenvalue weighted by Gasteiger charge is -1.97. The summed E-state index contributed by atoms with van der Waals surface area (Å²) in [4.78, 5) is 10.0. The van der Waals surface area contributed by atoms with Crippen molar-refractivity contribution < 1.29 is 14.6 Å². The van der Waals surface area contributed by atoms with Crippen molar-refractivity contribution in [3.8, 4) is 0 Å². The molecule has 3 heteroatoms. The van der Waals surface area contributed by atoms with E-state index in [2.05, 4.69) is 10.8 Å². The van der Waals surface area contributed by atoms with Crippen molar-refractivity contribution in [2.75, 3.05) is 0 Å². The zero-order valence-electron chi connectivity index (χ0n) is 8.33. The second-order valence-electron chi connectivity index (χ2n) is 3.17. The molecule has 0 aromatic carbocycles. The van der Waals surface area contributed by atoms with Crippen molar-refractivity contribution in [2.24, 2.45) is 0 Å². The van der Waals surface area contributed by atoms with E-state index in [1.54, 1.807) is 0 Å². The average molecular weight is 184 g/mol. The quantitative estimate of drug-likeness (QED) is 0.414. The zero-order chi connectivity index (χ0) is 10.3. The summed E-state index contributed by atoms with van der Waals surface area (Å²) in [5, 5.41) is 8.20. The van der Waals surface area contributed by atoms with Gasteiger partial charge in [-0.25, -0.2) is 4.79 Å². The van der Waals surface area contributed by atoms with Gasteiger partial charge in [-0.2, -0.15) is 0 Å². The van der Waals surface area contributed by atoms with Crippen LogP contribution >= 0.6 is 0 Å². The summed E-state index contributed by atoms with van der Waals surface area (Å²) >= 11 is 0. The summed E-state index contributed by atoms with van der Waals surface area (Å²) in [6.07, 6.45) is 3.88. The molecule has 0 fully saturated rings. The normalized spacial score (nSPS) is 10.8. The second kappa shape index (κ2) is 6.29. The van der Waals surface area contributed by atoms with Gasteiger partial charge in [0.05, 0.1) is 6.26 Å². The molecule has 74 valence electrons. The predicted octanol–water partition coefficient (Wildman–Crippen LogP) is 3.33. The fraction of sp³-hybridized carbons (Fsp3) is 0.500. The molecule has 0 aliphatic heterocycles. The third kappa shape index (κ3) is 8.66. The Kier molecular flexibility index (Phi) is 5.68. The molecule has 3 nitrogen and oxygen atoms in total. The molecule has 0 bridgehead atoms. The van der Waals surface area contributed by atoms with Crippen molar-refractivity contribution in [1.82, 2.24) is 0 Å². The SMILES string of the molecule is CC(C)=CCCC(C)=COC(=O)O. The highest BCUT2D eigenvalue weighted by Gasteiger charge is 1.93. The first-order valence-corrected chi connectivity index (χ1v) is 4.21. The van der Waals surface area contributed by atoms with Crippen LogP contribution in [0.15, 0.2) is 23.5 Å². The van der Waals surface area contributed by atoms with Crippen LogP contribution in [0.25, 0.3) is 0 Å². The van der Waals surface area contributed by atoms with E-state index in [0.717, 1.165) is 18.4 Å². The highest BCUT2D eigenvalue weighted by atomic mass is 16.7. The minimum absolute atomic E-state index is 0.832. The molecule has 0 spiro atoms. The number of ether oxygens (including phenoxy) is 1. The molecule has 13 heavy (non-hydrogen) atoms. The van der Waals surface area contributed by atoms with Gasteiger partial charge in [0.1, 0.15) is 0 Å². The van der Waals surface area contributed by atoms with Crippen molar-refractivity contribution in [1.29, 1.82) is 0 Å². The smallest absolute Gasteiger partial charge is 0.449 e. The summed E-state index contributed by atoms with van der Waals surface area (Å²) in [6, 6.07) is 0. The molecule has 0 amide bonds. The summed E-state index contributed by atoms with van der Waals surface area (Å²) in [7, 11) is 0. The van der Waals surface area contributed by atoms with E-state index < -0.39 is 6.16 Å². The van der Waals surface area contributed by atoms with Gasteiger partial charge in [-0.1, -0.05) is 11.6 Å². The molecule has 0 heterocycles. The van der Waals surface area contributed by atoms with E-state index in [4.69, 9.17) is 5.11 Å². The lowest BCUT2D eigenvalue weighted by atomic mass is 10.1. The average Bonchev–Trinajstić information content (AvgIpc) is 2.00. The van der Waals surface area contributed by atoms with Crippen molar-refractivity contribution in [3.63, 3.8) is 0 Å². The number of hydrogen-bond donors (Lipinski definition) is 1. The summed E-state index contributed by atoms with van der Waals surface area (Å²) in [5.41, 5.74) is 2.20. The molecule has 0 aliphatic carbocycles. The third-order valence-electron chi connectivity index (χ3n) is 1.45. The van der Waals surface area contributed by atoms with Crippen LogP contribution in [0.2, 0.25) is 0 Å². The van der Waals surface area contributed by atoms with Crippen LogP contribution in [-0.4, -0.2) is 11.3 Å². The van der Waals surface area contributed by atoms with E-state index in [0.29, 0.717) is 0 Å². The largest absolute Gasteiger partial charge is 0.510 e. The molecule has 0 atom stereocenters. The third-order valence-corrected chi connectivity index (χ3v) is 1.45. The van der Waals surface area contributed by atoms with Crippen LogP contribution < -0.4 is 0 Å². The van der Waals surface area contributed by atoms with Crippen LogP contribution in [0.3, 0.4) is 0 Å². The van der Waals surface area contributed by atoms with Crippen molar-refractivity contribution >= 4 is 6.16 Å². The maximum atomic E-state index is 10.0. The monoisotopic (exact) mass is 184 g/mol.